The molecule has 0 bridgehead atoms. The minimum Gasteiger partial charge on any atom is -0.466 e. The highest BCUT2D eigenvalue weighted by molar-refractivity contribution is 5.69. The van der Waals surface area contributed by atoms with Gasteiger partial charge in [-0.05, 0) is 45.7 Å². The Morgan fingerprint density at radius 3 is 2.41 bits per heavy atom. The van der Waals surface area contributed by atoms with E-state index in [4.69, 9.17) is 9.47 Å². The van der Waals surface area contributed by atoms with Crippen molar-refractivity contribution in [1.82, 2.24) is 5.32 Å². The largest absolute Gasteiger partial charge is 0.466 e. The summed E-state index contributed by atoms with van der Waals surface area (Å²) in [6.07, 6.45) is 5.99. The Hall–Kier alpha value is -0.610. The van der Waals surface area contributed by atoms with Gasteiger partial charge in [0.15, 0.2) is 0 Å². The lowest BCUT2D eigenvalue weighted by molar-refractivity contribution is -0.143. The van der Waals surface area contributed by atoms with Gasteiger partial charge < -0.3 is 14.8 Å². The van der Waals surface area contributed by atoms with E-state index in [1.165, 1.54) is 0 Å². The van der Waals surface area contributed by atoms with Crippen molar-refractivity contribution in [3.63, 3.8) is 0 Å². The third-order valence-electron chi connectivity index (χ3n) is 2.49. The Morgan fingerprint density at radius 2 is 1.76 bits per heavy atom. The molecule has 0 aliphatic carbocycles. The van der Waals surface area contributed by atoms with Gasteiger partial charge in [-0.25, -0.2) is 0 Å². The normalized spacial score (nSPS) is 10.5. The van der Waals surface area contributed by atoms with Crippen molar-refractivity contribution in [3.05, 3.63) is 0 Å². The zero-order valence-corrected chi connectivity index (χ0v) is 11.3. The molecule has 102 valence electrons. The second-order valence-corrected chi connectivity index (χ2v) is 4.07. The Labute approximate surface area is 105 Å². The van der Waals surface area contributed by atoms with Gasteiger partial charge in [-0.1, -0.05) is 6.42 Å². The van der Waals surface area contributed by atoms with Crippen molar-refractivity contribution >= 4 is 5.97 Å². The Morgan fingerprint density at radius 1 is 1.06 bits per heavy atom. The first kappa shape index (κ1) is 16.4. The van der Waals surface area contributed by atoms with Crippen LogP contribution in [0.2, 0.25) is 0 Å². The molecule has 0 aromatic heterocycles. The maximum absolute atomic E-state index is 11.0. The molecular formula is C13H27NO3. The summed E-state index contributed by atoms with van der Waals surface area (Å²) in [6.45, 7) is 5.27. The maximum Gasteiger partial charge on any atom is 0.305 e. The molecular weight excluding hydrogens is 218 g/mol. The lowest BCUT2D eigenvalue weighted by Crippen LogP contribution is -2.17. The Bertz CT molecular complexity index is 174. The zero-order chi connectivity index (χ0) is 12.8. The van der Waals surface area contributed by atoms with E-state index in [0.717, 1.165) is 51.8 Å². The summed E-state index contributed by atoms with van der Waals surface area (Å²) in [5.74, 6) is -0.0694. The molecule has 0 aliphatic heterocycles. The SMILES string of the molecule is CCOC(=O)CCCCCNCCCCOC. The van der Waals surface area contributed by atoms with Crippen molar-refractivity contribution in [1.29, 1.82) is 0 Å². The van der Waals surface area contributed by atoms with Crippen LogP contribution in [-0.4, -0.2) is 39.4 Å². The van der Waals surface area contributed by atoms with Crippen LogP contribution in [0.1, 0.15) is 45.4 Å². The number of carbonyl (C=O) groups excluding carboxylic acids is 1. The highest BCUT2D eigenvalue weighted by atomic mass is 16.5. The quantitative estimate of drug-likeness (QED) is 0.422. The van der Waals surface area contributed by atoms with E-state index in [1.54, 1.807) is 7.11 Å². The van der Waals surface area contributed by atoms with Gasteiger partial charge in [-0.15, -0.1) is 0 Å². The molecule has 0 amide bonds. The summed E-state index contributed by atoms with van der Waals surface area (Å²) >= 11 is 0. The topological polar surface area (TPSA) is 47.6 Å². The highest BCUT2D eigenvalue weighted by Gasteiger charge is 2.00. The summed E-state index contributed by atoms with van der Waals surface area (Å²) in [4.78, 5) is 11.0. The summed E-state index contributed by atoms with van der Waals surface area (Å²) in [5, 5.41) is 3.39. The van der Waals surface area contributed by atoms with E-state index >= 15 is 0 Å². The summed E-state index contributed by atoms with van der Waals surface area (Å²) in [5.41, 5.74) is 0. The van der Waals surface area contributed by atoms with Crippen molar-refractivity contribution < 1.29 is 14.3 Å². The zero-order valence-electron chi connectivity index (χ0n) is 11.3. The van der Waals surface area contributed by atoms with Crippen LogP contribution < -0.4 is 5.32 Å². The molecule has 0 fully saturated rings. The average Bonchev–Trinajstić information content (AvgIpc) is 2.32. The number of nitrogens with one attached hydrogen (secondary N) is 1. The van der Waals surface area contributed by atoms with E-state index in [-0.39, 0.29) is 5.97 Å². The van der Waals surface area contributed by atoms with Gasteiger partial charge in [-0.3, -0.25) is 4.79 Å². The third-order valence-corrected chi connectivity index (χ3v) is 2.49. The number of rotatable bonds is 12. The first-order valence-electron chi connectivity index (χ1n) is 6.66. The molecule has 0 rings (SSSR count). The minimum absolute atomic E-state index is 0.0694. The fraction of sp³-hybridized carbons (Fsp3) is 0.923. The molecule has 17 heavy (non-hydrogen) atoms. The van der Waals surface area contributed by atoms with Crippen LogP contribution in [0.25, 0.3) is 0 Å². The van der Waals surface area contributed by atoms with Crippen molar-refractivity contribution in [3.8, 4) is 0 Å². The van der Waals surface area contributed by atoms with Gasteiger partial charge in [0.1, 0.15) is 0 Å². The van der Waals surface area contributed by atoms with Gasteiger partial charge in [-0.2, -0.15) is 0 Å². The first-order valence-corrected chi connectivity index (χ1v) is 6.66. The molecule has 0 radical (unpaired) electrons. The molecule has 4 nitrogen and oxygen atoms in total. The van der Waals surface area contributed by atoms with Gasteiger partial charge in [0.05, 0.1) is 6.61 Å². The van der Waals surface area contributed by atoms with Crippen LogP contribution in [0.15, 0.2) is 0 Å². The second-order valence-electron chi connectivity index (χ2n) is 4.07. The molecule has 1 N–H and O–H groups in total. The molecule has 0 saturated carbocycles. The first-order chi connectivity index (χ1) is 8.31. The van der Waals surface area contributed by atoms with Crippen LogP contribution in [-0.2, 0) is 14.3 Å². The standard InChI is InChI=1S/C13H27NO3/c1-3-17-13(15)9-5-4-6-10-14-11-7-8-12-16-2/h14H,3-12H2,1-2H3. The number of hydrogen-bond acceptors (Lipinski definition) is 4. The molecule has 0 atom stereocenters. The van der Waals surface area contributed by atoms with E-state index in [0.29, 0.717) is 13.0 Å². The van der Waals surface area contributed by atoms with Gasteiger partial charge in [0.2, 0.25) is 0 Å². The van der Waals surface area contributed by atoms with Gasteiger partial charge in [0.25, 0.3) is 0 Å². The van der Waals surface area contributed by atoms with Crippen LogP contribution in [0.4, 0.5) is 0 Å². The summed E-state index contributed by atoms with van der Waals surface area (Å²) in [6, 6.07) is 0. The third kappa shape index (κ3) is 13.3. The molecule has 0 aromatic carbocycles. The number of unbranched alkanes of at least 4 members (excludes halogenated alkanes) is 3. The van der Waals surface area contributed by atoms with Crippen LogP contribution >= 0.6 is 0 Å². The molecule has 0 unspecified atom stereocenters. The van der Waals surface area contributed by atoms with Gasteiger partial charge in [0, 0.05) is 20.1 Å². The maximum atomic E-state index is 11.0. The molecule has 0 aromatic rings. The van der Waals surface area contributed by atoms with E-state index in [9.17, 15) is 4.79 Å². The number of esters is 1. The van der Waals surface area contributed by atoms with Crippen molar-refractivity contribution in [2.75, 3.05) is 33.4 Å². The predicted octanol–water partition coefficient (Wildman–Crippen LogP) is 2.13. The lowest BCUT2D eigenvalue weighted by atomic mass is 10.2. The fourth-order valence-corrected chi connectivity index (χ4v) is 1.55. The highest BCUT2D eigenvalue weighted by Crippen LogP contribution is 2.00. The van der Waals surface area contributed by atoms with Crippen molar-refractivity contribution in [2.24, 2.45) is 0 Å². The van der Waals surface area contributed by atoms with Crippen LogP contribution in [0, 0.1) is 0 Å². The Balaban J connectivity index is 3.01. The molecule has 0 saturated heterocycles. The van der Waals surface area contributed by atoms with Crippen molar-refractivity contribution in [2.45, 2.75) is 45.4 Å². The Kier molecular flexibility index (Phi) is 13.0. The fourth-order valence-electron chi connectivity index (χ4n) is 1.55. The van der Waals surface area contributed by atoms with E-state index < -0.39 is 0 Å². The summed E-state index contributed by atoms with van der Waals surface area (Å²) in [7, 11) is 1.73. The molecule has 0 heterocycles. The van der Waals surface area contributed by atoms with Crippen LogP contribution in [0.5, 0.6) is 0 Å². The summed E-state index contributed by atoms with van der Waals surface area (Å²) < 4.78 is 9.83. The molecule has 4 heteroatoms. The lowest BCUT2D eigenvalue weighted by Gasteiger charge is -2.04. The van der Waals surface area contributed by atoms with Gasteiger partial charge >= 0.3 is 5.97 Å². The van der Waals surface area contributed by atoms with E-state index in [1.807, 2.05) is 6.92 Å². The predicted molar refractivity (Wildman–Crippen MR) is 69.1 cm³/mol. The number of carbonyl (C=O) groups is 1. The number of methoxy groups -OCH3 is 1. The van der Waals surface area contributed by atoms with Crippen LogP contribution in [0.3, 0.4) is 0 Å². The molecule has 0 spiro atoms. The monoisotopic (exact) mass is 245 g/mol. The number of hydrogen-bond donors (Lipinski definition) is 1. The second kappa shape index (κ2) is 13.5. The number of ether oxygens (including phenoxy) is 2. The molecule has 0 aliphatic rings. The van der Waals surface area contributed by atoms with E-state index in [2.05, 4.69) is 5.32 Å². The minimum atomic E-state index is -0.0694. The average molecular weight is 245 g/mol. The smallest absolute Gasteiger partial charge is 0.305 e.